The van der Waals surface area contributed by atoms with Crippen LogP contribution in [0.1, 0.15) is 36.0 Å². The molecule has 0 aliphatic carbocycles. The number of rotatable bonds is 6. The van der Waals surface area contributed by atoms with Gasteiger partial charge in [-0.1, -0.05) is 30.3 Å². The summed E-state index contributed by atoms with van der Waals surface area (Å²) in [5.74, 6) is 0.286. The standard InChI is InChI=1S/C12H17BO/c13-10-6-2-5-9-12(14)11-7-3-1-4-8-11/h1,3-4,7-8,10H,2,5-6,9H2,13H3. The van der Waals surface area contributed by atoms with Gasteiger partial charge >= 0.3 is 0 Å². The Morgan fingerprint density at radius 2 is 1.93 bits per heavy atom. The number of Topliss-reactive ketones (excluding diaryl/α,β-unsaturated/α-hetero) is 1. The number of ketones is 1. The normalized spacial score (nSPS) is 9.79. The van der Waals surface area contributed by atoms with Gasteiger partial charge in [0.1, 0.15) is 0 Å². The Hall–Kier alpha value is -1.18. The minimum absolute atomic E-state index is 0.286. The van der Waals surface area contributed by atoms with E-state index in [4.69, 9.17) is 0 Å². The highest BCUT2D eigenvalue weighted by Gasteiger charge is 2.03. The fourth-order valence-corrected chi connectivity index (χ4v) is 1.20. The summed E-state index contributed by atoms with van der Waals surface area (Å²) in [6.07, 6.45) is 6.55. The maximum atomic E-state index is 11.6. The summed E-state index contributed by atoms with van der Waals surface area (Å²) in [5.41, 5.74) is 0.856. The van der Waals surface area contributed by atoms with Crippen LogP contribution >= 0.6 is 0 Å². The van der Waals surface area contributed by atoms with Crippen LogP contribution in [0.3, 0.4) is 0 Å². The van der Waals surface area contributed by atoms with Crippen LogP contribution in [-0.2, 0) is 0 Å². The summed E-state index contributed by atoms with van der Waals surface area (Å²) < 4.78 is 0. The molecule has 0 bridgehead atoms. The largest absolute Gasteiger partial charge is 0.294 e. The quantitative estimate of drug-likeness (QED) is 0.288. The molecule has 0 unspecified atom stereocenters. The molecule has 0 atom stereocenters. The molecule has 0 saturated heterocycles. The maximum Gasteiger partial charge on any atom is 0.162 e. The van der Waals surface area contributed by atoms with E-state index in [1.807, 2.05) is 30.3 Å². The van der Waals surface area contributed by atoms with Gasteiger partial charge in [-0.15, -0.1) is 6.32 Å². The first-order chi connectivity index (χ1) is 6.84. The van der Waals surface area contributed by atoms with Crippen LogP contribution in [0, 0.1) is 6.32 Å². The highest BCUT2D eigenvalue weighted by Crippen LogP contribution is 2.07. The molecular weight excluding hydrogens is 171 g/mol. The first kappa shape index (κ1) is 10.9. The van der Waals surface area contributed by atoms with Crippen LogP contribution in [0.5, 0.6) is 0 Å². The predicted molar refractivity (Wildman–Crippen MR) is 63.5 cm³/mol. The lowest BCUT2D eigenvalue weighted by Crippen LogP contribution is -1.98. The summed E-state index contributed by atoms with van der Waals surface area (Å²) in [6, 6.07) is 9.57. The van der Waals surface area contributed by atoms with Crippen molar-refractivity contribution >= 4 is 13.6 Å². The molecular formula is C12H17BO. The van der Waals surface area contributed by atoms with Crippen molar-refractivity contribution in [1.82, 2.24) is 0 Å². The van der Waals surface area contributed by atoms with Crippen molar-refractivity contribution < 1.29 is 4.79 Å². The van der Waals surface area contributed by atoms with Gasteiger partial charge in [-0.25, -0.2) is 0 Å². The second-order valence-corrected chi connectivity index (χ2v) is 3.03. The van der Waals surface area contributed by atoms with Crippen LogP contribution in [-0.4, -0.2) is 13.6 Å². The molecule has 74 valence electrons. The Bertz CT molecular complexity index is 269. The summed E-state index contributed by atoms with van der Waals surface area (Å²) in [4.78, 5) is 11.6. The van der Waals surface area contributed by atoms with E-state index >= 15 is 0 Å². The van der Waals surface area contributed by atoms with E-state index in [-0.39, 0.29) is 5.78 Å². The third-order valence-electron chi connectivity index (χ3n) is 1.95. The van der Waals surface area contributed by atoms with Gasteiger partial charge < -0.3 is 0 Å². The lowest BCUT2D eigenvalue weighted by Gasteiger charge is -1.99. The summed E-state index contributed by atoms with van der Waals surface area (Å²) in [7, 11) is 0.459. The van der Waals surface area contributed by atoms with Gasteiger partial charge in [0.15, 0.2) is 13.6 Å². The molecule has 2 heteroatoms. The summed E-state index contributed by atoms with van der Waals surface area (Å²) >= 11 is 0. The molecule has 0 aromatic heterocycles. The van der Waals surface area contributed by atoms with Crippen molar-refractivity contribution in [3.8, 4) is 0 Å². The first-order valence-corrected chi connectivity index (χ1v) is 4.63. The lowest BCUT2D eigenvalue weighted by atomic mass is 9.97. The number of carbonyl (C=O) groups excluding carboxylic acids is 1. The summed E-state index contributed by atoms with van der Waals surface area (Å²) in [6.45, 7) is 0. The molecule has 0 heterocycles. The maximum absolute atomic E-state index is 11.6. The van der Waals surface area contributed by atoms with Gasteiger partial charge in [0.25, 0.3) is 0 Å². The highest BCUT2D eigenvalue weighted by atomic mass is 16.1. The second-order valence-electron chi connectivity index (χ2n) is 3.03. The van der Waals surface area contributed by atoms with Gasteiger partial charge in [-0.2, -0.15) is 0 Å². The molecule has 1 rings (SSSR count). The monoisotopic (exact) mass is 188 g/mol. The fourth-order valence-electron chi connectivity index (χ4n) is 1.20. The van der Waals surface area contributed by atoms with E-state index in [2.05, 4.69) is 6.32 Å². The van der Waals surface area contributed by atoms with E-state index in [0.29, 0.717) is 14.3 Å². The second kappa shape index (κ2) is 6.30. The van der Waals surface area contributed by atoms with Gasteiger partial charge in [0.2, 0.25) is 0 Å². The fraction of sp³-hybridized carbons (Fsp3) is 0.333. The average Bonchev–Trinajstić information content (AvgIpc) is 2.25. The first-order valence-electron chi connectivity index (χ1n) is 4.63. The van der Waals surface area contributed by atoms with E-state index in [1.165, 1.54) is 12.8 Å². The third kappa shape index (κ3) is 3.69. The van der Waals surface area contributed by atoms with E-state index in [1.54, 1.807) is 0 Å². The van der Waals surface area contributed by atoms with E-state index in [0.717, 1.165) is 12.0 Å². The topological polar surface area (TPSA) is 17.1 Å². The summed E-state index contributed by atoms with van der Waals surface area (Å²) in [5, 5.41) is 0. The van der Waals surface area contributed by atoms with E-state index in [9.17, 15) is 4.79 Å². The molecule has 0 saturated carbocycles. The Balaban J connectivity index is 2.29. The van der Waals surface area contributed by atoms with Crippen LogP contribution in [0.15, 0.2) is 30.3 Å². The van der Waals surface area contributed by atoms with Crippen molar-refractivity contribution in [2.45, 2.75) is 25.7 Å². The molecule has 14 heavy (non-hydrogen) atoms. The van der Waals surface area contributed by atoms with Crippen LogP contribution in [0.4, 0.5) is 0 Å². The Morgan fingerprint density at radius 1 is 1.21 bits per heavy atom. The van der Waals surface area contributed by atoms with Crippen LogP contribution in [0.2, 0.25) is 0 Å². The Kier molecular flexibility index (Phi) is 4.91. The number of carbonyl (C=O) groups is 1. The molecule has 0 N–H and O–H groups in total. The molecule has 0 amide bonds. The zero-order valence-electron chi connectivity index (χ0n) is 7.70. The minimum Gasteiger partial charge on any atom is -0.294 e. The number of hydrogen-bond donors (Lipinski definition) is 0. The third-order valence-corrected chi connectivity index (χ3v) is 1.95. The van der Waals surface area contributed by atoms with Gasteiger partial charge in [0, 0.05) is 18.4 Å². The molecule has 0 radical (unpaired) electrons. The minimum atomic E-state index is 0.286. The molecule has 0 spiro atoms. The average molecular weight is 188 g/mol. The van der Waals surface area contributed by atoms with E-state index < -0.39 is 0 Å². The highest BCUT2D eigenvalue weighted by molar-refractivity contribution is 6.14. The van der Waals surface area contributed by atoms with Gasteiger partial charge in [-0.05, 0) is 12.8 Å². The number of unbranched alkanes of at least 4 members (excludes halogenated alkanes) is 2. The van der Waals surface area contributed by atoms with Crippen molar-refractivity contribution in [2.75, 3.05) is 0 Å². The smallest absolute Gasteiger partial charge is 0.162 e. The molecule has 0 aliphatic rings. The van der Waals surface area contributed by atoms with Crippen LogP contribution in [0.25, 0.3) is 0 Å². The van der Waals surface area contributed by atoms with Gasteiger partial charge in [-0.3, -0.25) is 4.79 Å². The molecule has 0 aliphatic heterocycles. The number of benzene rings is 1. The van der Waals surface area contributed by atoms with Crippen molar-refractivity contribution in [2.24, 2.45) is 0 Å². The van der Waals surface area contributed by atoms with Crippen LogP contribution < -0.4 is 0 Å². The predicted octanol–water partition coefficient (Wildman–Crippen LogP) is 1.96. The molecule has 1 aromatic carbocycles. The SMILES string of the molecule is [BH3-][CH+]CCCCC(=O)c1ccccc1. The van der Waals surface area contributed by atoms with Crippen molar-refractivity contribution in [1.29, 1.82) is 0 Å². The van der Waals surface area contributed by atoms with Gasteiger partial charge in [0.05, 0.1) is 0 Å². The van der Waals surface area contributed by atoms with Crippen molar-refractivity contribution in [3.63, 3.8) is 0 Å². The Labute approximate surface area is 86.9 Å². The zero-order valence-corrected chi connectivity index (χ0v) is 7.70. The van der Waals surface area contributed by atoms with Crippen molar-refractivity contribution in [3.05, 3.63) is 42.2 Å². The number of hydrogen-bond acceptors (Lipinski definition) is 1. The zero-order chi connectivity index (χ0) is 10.2. The molecule has 0 fully saturated rings. The molecule has 1 nitrogen and oxygen atoms in total. The Morgan fingerprint density at radius 3 is 2.57 bits per heavy atom. The molecule has 1 aromatic rings. The lowest BCUT2D eigenvalue weighted by molar-refractivity contribution is 0.0979.